The van der Waals surface area contributed by atoms with Crippen LogP contribution in [0.2, 0.25) is 0 Å². The lowest BCUT2D eigenvalue weighted by Crippen LogP contribution is -2.20. The van der Waals surface area contributed by atoms with Crippen molar-refractivity contribution in [1.82, 2.24) is 10.9 Å². The second-order valence-corrected chi connectivity index (χ2v) is 11.0. The van der Waals surface area contributed by atoms with Crippen molar-refractivity contribution in [1.29, 1.82) is 0 Å². The maximum Gasteiger partial charge on any atom is 0.344 e. The van der Waals surface area contributed by atoms with E-state index in [9.17, 15) is 19.2 Å². The number of hydrogen-bond acceptors (Lipinski definition) is 8. The summed E-state index contributed by atoms with van der Waals surface area (Å²) in [5.74, 6) is -1.10. The van der Waals surface area contributed by atoms with Gasteiger partial charge in [0.25, 0.3) is 0 Å². The molecule has 10 nitrogen and oxygen atoms in total. The Morgan fingerprint density at radius 2 is 1.02 bits per heavy atom. The summed E-state index contributed by atoms with van der Waals surface area (Å²) in [5.41, 5.74) is 6.83. The van der Waals surface area contributed by atoms with Gasteiger partial charge in [0.2, 0.25) is 11.8 Å². The number of carbonyl (C=O) groups excluding carboxylic acids is 4. The summed E-state index contributed by atoms with van der Waals surface area (Å²) < 4.78 is 12.1. The number of halogens is 2. The molecular weight excluding hydrogens is 708 g/mol. The largest absolute Gasteiger partial charge is 0.423 e. The van der Waals surface area contributed by atoms with E-state index in [-0.39, 0.29) is 31.1 Å². The quantitative estimate of drug-likeness (QED) is 0.0747. The minimum Gasteiger partial charge on any atom is -0.423 e. The maximum absolute atomic E-state index is 12.4. The fourth-order valence-electron chi connectivity index (χ4n) is 3.77. The summed E-state index contributed by atoms with van der Waals surface area (Å²) >= 11 is 6.66. The Bertz CT molecular complexity index is 1630. The molecule has 0 aliphatic carbocycles. The molecular formula is C33H26Br2N4O6. The van der Waals surface area contributed by atoms with Crippen molar-refractivity contribution in [3.05, 3.63) is 128 Å². The van der Waals surface area contributed by atoms with Gasteiger partial charge in [-0.05, 0) is 97.9 Å². The van der Waals surface area contributed by atoms with Gasteiger partial charge in [-0.1, -0.05) is 48.5 Å². The van der Waals surface area contributed by atoms with Gasteiger partial charge in [0.05, 0.1) is 23.6 Å². The summed E-state index contributed by atoms with van der Waals surface area (Å²) in [6, 6.07) is 27.3. The average molecular weight is 734 g/mol. The lowest BCUT2D eigenvalue weighted by molar-refractivity contribution is -0.122. The van der Waals surface area contributed by atoms with Crippen LogP contribution in [-0.2, 0) is 9.59 Å². The molecule has 4 aromatic rings. The zero-order valence-corrected chi connectivity index (χ0v) is 26.8. The minimum absolute atomic E-state index is 0.0724. The van der Waals surface area contributed by atoms with Crippen molar-refractivity contribution < 1.29 is 28.7 Å². The van der Waals surface area contributed by atoms with E-state index in [2.05, 4.69) is 52.9 Å². The summed E-state index contributed by atoms with van der Waals surface area (Å²) in [6.07, 6.45) is 3.27. The topological polar surface area (TPSA) is 136 Å². The van der Waals surface area contributed by atoms with Gasteiger partial charge in [-0.3, -0.25) is 9.59 Å². The van der Waals surface area contributed by atoms with Gasteiger partial charge in [0, 0.05) is 21.8 Å². The molecule has 0 saturated heterocycles. The molecule has 12 heteroatoms. The van der Waals surface area contributed by atoms with E-state index in [0.29, 0.717) is 42.7 Å². The van der Waals surface area contributed by atoms with Crippen molar-refractivity contribution in [2.75, 3.05) is 0 Å². The Morgan fingerprint density at radius 3 is 1.44 bits per heavy atom. The molecule has 0 radical (unpaired) electrons. The predicted octanol–water partition coefficient (Wildman–Crippen LogP) is 6.42. The van der Waals surface area contributed by atoms with Crippen molar-refractivity contribution in [2.45, 2.75) is 19.3 Å². The van der Waals surface area contributed by atoms with Crippen LogP contribution in [0.4, 0.5) is 0 Å². The summed E-state index contributed by atoms with van der Waals surface area (Å²) in [4.78, 5) is 49.1. The number of rotatable bonds is 12. The fraction of sp³-hybridized carbons (Fsp3) is 0.0909. The molecule has 0 heterocycles. The number of nitrogens with zero attached hydrogens (tertiary/aromatic N) is 2. The average Bonchev–Trinajstić information content (AvgIpc) is 3.02. The van der Waals surface area contributed by atoms with Gasteiger partial charge in [-0.15, -0.1) is 0 Å². The van der Waals surface area contributed by atoms with E-state index in [1.165, 1.54) is 12.4 Å². The van der Waals surface area contributed by atoms with Gasteiger partial charge >= 0.3 is 11.9 Å². The van der Waals surface area contributed by atoms with E-state index in [0.717, 1.165) is 0 Å². The van der Waals surface area contributed by atoms with Crippen molar-refractivity contribution in [2.24, 2.45) is 10.2 Å². The Balaban J connectivity index is 1.16. The van der Waals surface area contributed by atoms with E-state index in [1.54, 1.807) is 97.1 Å². The molecule has 2 N–H and O–H groups in total. The molecule has 0 saturated carbocycles. The first-order chi connectivity index (χ1) is 21.8. The molecule has 2 amide bonds. The van der Waals surface area contributed by atoms with Gasteiger partial charge in [-0.2, -0.15) is 10.2 Å². The number of carbonyl (C=O) groups is 4. The summed E-state index contributed by atoms with van der Waals surface area (Å²) in [7, 11) is 0. The number of ether oxygens (including phenoxy) is 2. The maximum atomic E-state index is 12.4. The molecule has 0 aliphatic heterocycles. The van der Waals surface area contributed by atoms with Crippen LogP contribution in [0, 0.1) is 0 Å². The van der Waals surface area contributed by atoms with E-state index in [4.69, 9.17) is 9.47 Å². The molecule has 4 aromatic carbocycles. The fourth-order valence-corrected chi connectivity index (χ4v) is 4.67. The first kappa shape index (κ1) is 33.0. The molecule has 0 aliphatic rings. The van der Waals surface area contributed by atoms with Crippen LogP contribution >= 0.6 is 31.9 Å². The van der Waals surface area contributed by atoms with Crippen LogP contribution in [0.3, 0.4) is 0 Å². The Labute approximate surface area is 275 Å². The van der Waals surface area contributed by atoms with Crippen LogP contribution in [-0.4, -0.2) is 36.2 Å². The Hall–Kier alpha value is -4.94. The van der Waals surface area contributed by atoms with Gasteiger partial charge in [0.1, 0.15) is 11.5 Å². The first-order valence-electron chi connectivity index (χ1n) is 13.6. The smallest absolute Gasteiger partial charge is 0.344 e. The number of nitrogens with one attached hydrogen (secondary N) is 2. The highest BCUT2D eigenvalue weighted by Gasteiger charge is 2.13. The van der Waals surface area contributed by atoms with Gasteiger partial charge in [0.15, 0.2) is 0 Å². The minimum atomic E-state index is -0.510. The molecule has 45 heavy (non-hydrogen) atoms. The van der Waals surface area contributed by atoms with Crippen molar-refractivity contribution >= 4 is 68.0 Å². The lowest BCUT2D eigenvalue weighted by Gasteiger charge is -2.06. The third-order valence-electron chi connectivity index (χ3n) is 5.94. The second-order valence-electron chi connectivity index (χ2n) is 9.32. The van der Waals surface area contributed by atoms with Crippen molar-refractivity contribution in [3.63, 3.8) is 0 Å². The van der Waals surface area contributed by atoms with Crippen LogP contribution in [0.15, 0.2) is 116 Å². The summed E-state index contributed by atoms with van der Waals surface area (Å²) in [6.45, 7) is 0. The molecule has 0 atom stereocenters. The molecule has 0 unspecified atom stereocenters. The number of hydrogen-bond donors (Lipinski definition) is 2. The van der Waals surface area contributed by atoms with E-state index >= 15 is 0 Å². The molecule has 0 aromatic heterocycles. The molecule has 4 rings (SSSR count). The van der Waals surface area contributed by atoms with Crippen LogP contribution < -0.4 is 20.3 Å². The van der Waals surface area contributed by atoms with Crippen LogP contribution in [0.1, 0.15) is 51.1 Å². The highest BCUT2D eigenvalue weighted by molar-refractivity contribution is 9.10. The predicted molar refractivity (Wildman–Crippen MR) is 176 cm³/mol. The van der Waals surface area contributed by atoms with Crippen molar-refractivity contribution in [3.8, 4) is 11.5 Å². The van der Waals surface area contributed by atoms with E-state index in [1.807, 2.05) is 0 Å². The number of benzene rings is 4. The monoisotopic (exact) mass is 732 g/mol. The number of amides is 2. The SMILES string of the molecule is O=C(CCCC(=O)NN=Cc1cccc(OC(=O)c2ccccc2Br)c1)NN=Cc1cccc(OC(=O)c2ccccc2Br)c1. The van der Waals surface area contributed by atoms with Crippen LogP contribution in [0.25, 0.3) is 0 Å². The number of hydrazone groups is 2. The molecule has 228 valence electrons. The standard InChI is InChI=1S/C33H26Br2N4O6/c34-28-14-3-1-12-26(28)32(42)44-24-10-5-8-22(18-24)20-36-38-30(40)16-7-17-31(41)39-37-21-23-9-6-11-25(19-23)45-33(43)27-13-2-4-15-29(27)35/h1-6,8-15,18-21H,7,16-17H2,(H,38,40)(H,39,41). The highest BCUT2D eigenvalue weighted by atomic mass is 79.9. The normalized spacial score (nSPS) is 10.9. The lowest BCUT2D eigenvalue weighted by atomic mass is 10.2. The molecule has 0 spiro atoms. The summed E-state index contributed by atoms with van der Waals surface area (Å²) in [5, 5.41) is 7.86. The zero-order chi connectivity index (χ0) is 32.0. The third kappa shape index (κ3) is 10.6. The van der Waals surface area contributed by atoms with Gasteiger partial charge < -0.3 is 9.47 Å². The molecule has 0 bridgehead atoms. The van der Waals surface area contributed by atoms with Crippen LogP contribution in [0.5, 0.6) is 11.5 Å². The highest BCUT2D eigenvalue weighted by Crippen LogP contribution is 2.21. The Morgan fingerprint density at radius 1 is 0.600 bits per heavy atom. The van der Waals surface area contributed by atoms with E-state index < -0.39 is 11.9 Å². The second kappa shape index (κ2) is 16.8. The van der Waals surface area contributed by atoms with Gasteiger partial charge in [-0.25, -0.2) is 20.4 Å². The first-order valence-corrected chi connectivity index (χ1v) is 15.1. The molecule has 0 fully saturated rings. The number of esters is 2. The third-order valence-corrected chi connectivity index (χ3v) is 7.32. The zero-order valence-electron chi connectivity index (χ0n) is 23.6. The Kier molecular flexibility index (Phi) is 12.3.